The van der Waals surface area contributed by atoms with E-state index in [2.05, 4.69) is 9.97 Å². The third-order valence-corrected chi connectivity index (χ3v) is 1.73. The molecule has 0 spiro atoms. The van der Waals surface area contributed by atoms with Gasteiger partial charge in [-0.1, -0.05) is 32.1 Å². The molecule has 0 amide bonds. The van der Waals surface area contributed by atoms with Gasteiger partial charge < -0.3 is 0 Å². The summed E-state index contributed by atoms with van der Waals surface area (Å²) < 4.78 is 0. The van der Waals surface area contributed by atoms with Crippen LogP contribution in [0, 0.1) is 0 Å². The molecule has 60 valence electrons. The molecule has 2 heteroatoms. The van der Waals surface area contributed by atoms with Crippen LogP contribution in [0.5, 0.6) is 0 Å². The fourth-order valence-corrected chi connectivity index (χ4v) is 1.14. The highest BCUT2D eigenvalue weighted by atomic mass is 14.8. The summed E-state index contributed by atoms with van der Waals surface area (Å²) in [6.45, 7) is 0. The van der Waals surface area contributed by atoms with Crippen LogP contribution in [0.25, 0.3) is 0 Å². The smallest absolute Gasteiger partial charge is 0.115 e. The van der Waals surface area contributed by atoms with E-state index in [0.29, 0.717) is 0 Å². The van der Waals surface area contributed by atoms with Crippen LogP contribution in [-0.4, -0.2) is 9.97 Å². The molecule has 0 unspecified atom stereocenters. The fourth-order valence-electron chi connectivity index (χ4n) is 1.14. The SMILES string of the molecule is C1CCCC1.c1cncnc1. The zero-order valence-electron chi connectivity index (χ0n) is 6.74. The zero-order valence-corrected chi connectivity index (χ0v) is 6.74. The van der Waals surface area contributed by atoms with Gasteiger partial charge in [0.05, 0.1) is 0 Å². The maximum Gasteiger partial charge on any atom is 0.115 e. The van der Waals surface area contributed by atoms with E-state index < -0.39 is 0 Å². The Bertz CT molecular complexity index is 124. The highest BCUT2D eigenvalue weighted by molar-refractivity contribution is 4.74. The highest BCUT2D eigenvalue weighted by Crippen LogP contribution is 2.15. The van der Waals surface area contributed by atoms with Crippen molar-refractivity contribution in [1.29, 1.82) is 0 Å². The molecule has 1 aliphatic carbocycles. The first kappa shape index (κ1) is 8.18. The van der Waals surface area contributed by atoms with Gasteiger partial charge in [0, 0.05) is 12.4 Å². The number of hydrogen-bond acceptors (Lipinski definition) is 2. The van der Waals surface area contributed by atoms with Crippen molar-refractivity contribution in [2.24, 2.45) is 0 Å². The van der Waals surface area contributed by atoms with Crippen molar-refractivity contribution in [3.05, 3.63) is 24.8 Å². The maximum absolute atomic E-state index is 3.67. The predicted octanol–water partition coefficient (Wildman–Crippen LogP) is 2.43. The van der Waals surface area contributed by atoms with Gasteiger partial charge in [-0.25, -0.2) is 9.97 Å². The Morgan fingerprint density at radius 3 is 1.36 bits per heavy atom. The van der Waals surface area contributed by atoms with E-state index in [0.717, 1.165) is 0 Å². The van der Waals surface area contributed by atoms with E-state index in [-0.39, 0.29) is 0 Å². The molecule has 0 N–H and O–H groups in total. The van der Waals surface area contributed by atoms with Crippen LogP contribution in [0.3, 0.4) is 0 Å². The average Bonchev–Trinajstić information content (AvgIpc) is 2.64. The van der Waals surface area contributed by atoms with Crippen LogP contribution in [0.1, 0.15) is 32.1 Å². The molecule has 1 fully saturated rings. The normalized spacial score (nSPS) is 15.3. The second kappa shape index (κ2) is 5.83. The fraction of sp³-hybridized carbons (Fsp3) is 0.556. The topological polar surface area (TPSA) is 25.8 Å². The van der Waals surface area contributed by atoms with E-state index in [9.17, 15) is 0 Å². The van der Waals surface area contributed by atoms with Crippen molar-refractivity contribution in [3.63, 3.8) is 0 Å². The minimum absolute atomic E-state index is 1.50. The van der Waals surface area contributed by atoms with Gasteiger partial charge in [0.1, 0.15) is 6.33 Å². The summed E-state index contributed by atoms with van der Waals surface area (Å²) in [5.41, 5.74) is 0. The molecule has 1 aromatic heterocycles. The number of rotatable bonds is 0. The first-order valence-electron chi connectivity index (χ1n) is 4.20. The Kier molecular flexibility index (Phi) is 4.34. The summed E-state index contributed by atoms with van der Waals surface area (Å²) in [5, 5.41) is 0. The molecule has 0 atom stereocenters. The number of aromatic nitrogens is 2. The Hall–Kier alpha value is -0.920. The molecule has 1 aromatic rings. The number of nitrogens with zero attached hydrogens (tertiary/aromatic N) is 2. The lowest BCUT2D eigenvalue weighted by atomic mass is 10.4. The van der Waals surface area contributed by atoms with Gasteiger partial charge in [-0.05, 0) is 6.07 Å². The van der Waals surface area contributed by atoms with E-state index >= 15 is 0 Å². The molecule has 1 saturated carbocycles. The van der Waals surface area contributed by atoms with Crippen LogP contribution in [0.4, 0.5) is 0 Å². The molecule has 1 aliphatic rings. The molecular formula is C9H14N2. The largest absolute Gasteiger partial charge is 0.245 e. The van der Waals surface area contributed by atoms with E-state index in [1.54, 1.807) is 18.5 Å². The van der Waals surface area contributed by atoms with Gasteiger partial charge in [0.15, 0.2) is 0 Å². The van der Waals surface area contributed by atoms with Crippen molar-refractivity contribution in [2.75, 3.05) is 0 Å². The van der Waals surface area contributed by atoms with Crippen molar-refractivity contribution in [3.8, 4) is 0 Å². The minimum atomic E-state index is 1.50. The van der Waals surface area contributed by atoms with Crippen molar-refractivity contribution in [1.82, 2.24) is 9.97 Å². The molecule has 0 saturated heterocycles. The van der Waals surface area contributed by atoms with Crippen LogP contribution >= 0.6 is 0 Å². The van der Waals surface area contributed by atoms with Gasteiger partial charge in [0.2, 0.25) is 0 Å². The van der Waals surface area contributed by atoms with E-state index in [1.807, 2.05) is 0 Å². The second-order valence-corrected chi connectivity index (χ2v) is 2.67. The predicted molar refractivity (Wildman–Crippen MR) is 45.1 cm³/mol. The van der Waals surface area contributed by atoms with Crippen molar-refractivity contribution >= 4 is 0 Å². The summed E-state index contributed by atoms with van der Waals surface area (Å²) in [6, 6.07) is 1.78. The summed E-state index contributed by atoms with van der Waals surface area (Å²) >= 11 is 0. The first-order valence-corrected chi connectivity index (χ1v) is 4.20. The molecule has 0 aromatic carbocycles. The summed E-state index contributed by atoms with van der Waals surface area (Å²) in [7, 11) is 0. The van der Waals surface area contributed by atoms with Crippen molar-refractivity contribution < 1.29 is 0 Å². The Balaban J connectivity index is 0.000000112. The zero-order chi connectivity index (χ0) is 7.78. The lowest BCUT2D eigenvalue weighted by Crippen LogP contribution is -1.66. The molecule has 0 radical (unpaired) electrons. The molecule has 11 heavy (non-hydrogen) atoms. The van der Waals surface area contributed by atoms with Gasteiger partial charge in [-0.2, -0.15) is 0 Å². The molecule has 0 bridgehead atoms. The monoisotopic (exact) mass is 150 g/mol. The van der Waals surface area contributed by atoms with Crippen molar-refractivity contribution in [2.45, 2.75) is 32.1 Å². The lowest BCUT2D eigenvalue weighted by Gasteiger charge is -1.70. The molecule has 0 aliphatic heterocycles. The quantitative estimate of drug-likeness (QED) is 0.567. The average molecular weight is 150 g/mol. The molecule has 1 heterocycles. The van der Waals surface area contributed by atoms with Crippen LogP contribution in [0.2, 0.25) is 0 Å². The van der Waals surface area contributed by atoms with Gasteiger partial charge in [0.25, 0.3) is 0 Å². The third kappa shape index (κ3) is 4.48. The maximum atomic E-state index is 3.67. The minimum Gasteiger partial charge on any atom is -0.245 e. The number of hydrogen-bond donors (Lipinski definition) is 0. The summed E-state index contributed by atoms with van der Waals surface area (Å²) in [6.07, 6.45) is 12.4. The first-order chi connectivity index (χ1) is 5.50. The lowest BCUT2D eigenvalue weighted by molar-refractivity contribution is 0.886. The second-order valence-electron chi connectivity index (χ2n) is 2.67. The van der Waals surface area contributed by atoms with Gasteiger partial charge in [-0.15, -0.1) is 0 Å². The van der Waals surface area contributed by atoms with Crippen LogP contribution < -0.4 is 0 Å². The molecule has 2 nitrogen and oxygen atoms in total. The van der Waals surface area contributed by atoms with Gasteiger partial charge in [-0.3, -0.25) is 0 Å². The Morgan fingerprint density at radius 2 is 1.18 bits per heavy atom. The van der Waals surface area contributed by atoms with Gasteiger partial charge >= 0.3 is 0 Å². The van der Waals surface area contributed by atoms with E-state index in [4.69, 9.17) is 0 Å². The standard InChI is InChI=1S/C5H10.C4H4N2/c1-2-4-5-3-1;1-2-5-4-6-3-1/h1-5H2;1-4H. The molecular weight excluding hydrogens is 136 g/mol. The Labute approximate surface area is 67.7 Å². The van der Waals surface area contributed by atoms with E-state index in [1.165, 1.54) is 38.4 Å². The highest BCUT2D eigenvalue weighted by Gasteiger charge is 1.95. The van der Waals surface area contributed by atoms with Crippen LogP contribution in [0.15, 0.2) is 24.8 Å². The molecule has 2 rings (SSSR count). The summed E-state index contributed by atoms with van der Waals surface area (Å²) in [4.78, 5) is 7.35. The summed E-state index contributed by atoms with van der Waals surface area (Å²) in [5.74, 6) is 0. The van der Waals surface area contributed by atoms with Crippen LogP contribution in [-0.2, 0) is 0 Å². The third-order valence-electron chi connectivity index (χ3n) is 1.73. The Morgan fingerprint density at radius 1 is 0.727 bits per heavy atom.